The van der Waals surface area contributed by atoms with Crippen molar-refractivity contribution in [1.29, 1.82) is 0 Å². The summed E-state index contributed by atoms with van der Waals surface area (Å²) >= 11 is 1.56. The molecule has 7 heteroatoms. The molecule has 27 heavy (non-hydrogen) atoms. The smallest absolute Gasteiger partial charge is 0.322 e. The summed E-state index contributed by atoms with van der Waals surface area (Å²) in [5.41, 5.74) is 0. The molecular weight excluding hydrogens is 360 g/mol. The summed E-state index contributed by atoms with van der Waals surface area (Å²) in [7, 11) is 0. The third-order valence-corrected chi connectivity index (χ3v) is 6.23. The molecule has 144 valence electrons. The SMILES string of the molecule is O=C(Nc1cccs1)N1CCC(N2CCC(Oc3ccncc3)CC2)CC1. The zero-order chi connectivity index (χ0) is 18.5. The molecule has 1 N–H and O–H groups in total. The van der Waals surface area contributed by atoms with Gasteiger partial charge in [-0.15, -0.1) is 11.3 Å². The Kier molecular flexibility index (Phi) is 5.89. The lowest BCUT2D eigenvalue weighted by Gasteiger charge is -2.41. The Morgan fingerprint density at radius 3 is 2.48 bits per heavy atom. The number of thiophene rings is 1. The van der Waals surface area contributed by atoms with Crippen molar-refractivity contribution in [3.8, 4) is 5.75 Å². The highest BCUT2D eigenvalue weighted by Gasteiger charge is 2.30. The lowest BCUT2D eigenvalue weighted by atomic mass is 9.99. The Bertz CT molecular complexity index is 709. The molecule has 0 aliphatic carbocycles. The highest BCUT2D eigenvalue weighted by Crippen LogP contribution is 2.24. The van der Waals surface area contributed by atoms with E-state index in [4.69, 9.17) is 4.74 Å². The van der Waals surface area contributed by atoms with Crippen LogP contribution in [-0.4, -0.2) is 59.1 Å². The number of rotatable bonds is 4. The van der Waals surface area contributed by atoms with Crippen LogP contribution in [0.25, 0.3) is 0 Å². The average molecular weight is 387 g/mol. The lowest BCUT2D eigenvalue weighted by Crippen LogP contribution is -2.50. The van der Waals surface area contributed by atoms with Gasteiger partial charge in [0.15, 0.2) is 0 Å². The van der Waals surface area contributed by atoms with E-state index in [1.54, 1.807) is 23.7 Å². The number of carbonyl (C=O) groups excluding carboxylic acids is 1. The number of hydrogen-bond acceptors (Lipinski definition) is 5. The van der Waals surface area contributed by atoms with Crippen molar-refractivity contribution in [3.63, 3.8) is 0 Å². The second-order valence-electron chi connectivity index (χ2n) is 7.16. The Labute approximate surface area is 164 Å². The van der Waals surface area contributed by atoms with E-state index >= 15 is 0 Å². The Morgan fingerprint density at radius 1 is 1.07 bits per heavy atom. The summed E-state index contributed by atoms with van der Waals surface area (Å²) in [6.07, 6.45) is 8.05. The van der Waals surface area contributed by atoms with Crippen LogP contribution in [0.4, 0.5) is 9.80 Å². The van der Waals surface area contributed by atoms with Crippen molar-refractivity contribution in [2.24, 2.45) is 0 Å². The zero-order valence-corrected chi connectivity index (χ0v) is 16.2. The molecule has 0 unspecified atom stereocenters. The maximum Gasteiger partial charge on any atom is 0.322 e. The molecule has 4 heterocycles. The van der Waals surface area contributed by atoms with E-state index in [-0.39, 0.29) is 6.03 Å². The Hall–Kier alpha value is -2.12. The number of urea groups is 1. The van der Waals surface area contributed by atoms with Crippen LogP contribution in [0.15, 0.2) is 42.0 Å². The van der Waals surface area contributed by atoms with Crippen LogP contribution in [0.5, 0.6) is 5.75 Å². The molecule has 2 fully saturated rings. The van der Waals surface area contributed by atoms with Crippen molar-refractivity contribution in [3.05, 3.63) is 42.0 Å². The van der Waals surface area contributed by atoms with Gasteiger partial charge in [-0.2, -0.15) is 0 Å². The van der Waals surface area contributed by atoms with Gasteiger partial charge in [0.2, 0.25) is 0 Å². The summed E-state index contributed by atoms with van der Waals surface area (Å²) in [6.45, 7) is 3.80. The molecule has 0 bridgehead atoms. The van der Waals surface area contributed by atoms with Crippen molar-refractivity contribution in [1.82, 2.24) is 14.8 Å². The van der Waals surface area contributed by atoms with Crippen molar-refractivity contribution in [2.45, 2.75) is 37.8 Å². The molecule has 6 nitrogen and oxygen atoms in total. The molecule has 2 aliphatic rings. The van der Waals surface area contributed by atoms with Crippen molar-refractivity contribution in [2.75, 3.05) is 31.5 Å². The van der Waals surface area contributed by atoms with E-state index in [0.29, 0.717) is 12.1 Å². The minimum atomic E-state index is 0.0281. The van der Waals surface area contributed by atoms with E-state index in [2.05, 4.69) is 15.2 Å². The number of carbonyl (C=O) groups is 1. The van der Waals surface area contributed by atoms with Crippen LogP contribution in [0.3, 0.4) is 0 Å². The van der Waals surface area contributed by atoms with Gasteiger partial charge >= 0.3 is 6.03 Å². The third kappa shape index (κ3) is 4.78. The number of anilines is 1. The number of amides is 2. The second kappa shape index (κ2) is 8.71. The minimum absolute atomic E-state index is 0.0281. The molecule has 0 saturated carbocycles. The first-order chi connectivity index (χ1) is 13.3. The van der Waals surface area contributed by atoms with Crippen LogP contribution in [0.1, 0.15) is 25.7 Å². The molecule has 0 aromatic carbocycles. The number of nitrogens with one attached hydrogen (secondary N) is 1. The number of ether oxygens (including phenoxy) is 1. The molecule has 0 atom stereocenters. The fourth-order valence-corrected chi connectivity index (χ4v) is 4.54. The van der Waals surface area contributed by atoms with E-state index < -0.39 is 0 Å². The van der Waals surface area contributed by atoms with Gasteiger partial charge in [0.1, 0.15) is 11.9 Å². The summed E-state index contributed by atoms with van der Waals surface area (Å²) < 4.78 is 6.06. The molecule has 0 spiro atoms. The van der Waals surface area contributed by atoms with Gasteiger partial charge in [-0.3, -0.25) is 15.2 Å². The highest BCUT2D eigenvalue weighted by atomic mass is 32.1. The Morgan fingerprint density at radius 2 is 1.81 bits per heavy atom. The number of piperidine rings is 2. The maximum absolute atomic E-state index is 12.4. The third-order valence-electron chi connectivity index (χ3n) is 5.45. The standard InChI is InChI=1S/C20H26N4O2S/c25-20(22-19-2-1-15-27-19)24-11-5-16(6-12-24)23-13-7-18(8-14-23)26-17-3-9-21-10-4-17/h1-4,9-10,15-16,18H,5-8,11-14H2,(H,22,25). The molecule has 2 aromatic rings. The van der Waals surface area contributed by atoms with Crippen LogP contribution >= 0.6 is 11.3 Å². The number of likely N-dealkylation sites (tertiary alicyclic amines) is 2. The fourth-order valence-electron chi connectivity index (χ4n) is 3.94. The molecule has 0 radical (unpaired) electrons. The zero-order valence-electron chi connectivity index (χ0n) is 15.4. The molecule has 2 saturated heterocycles. The molecule has 4 rings (SSSR count). The number of hydrogen-bond donors (Lipinski definition) is 1. The van der Waals surface area contributed by atoms with Crippen LogP contribution in [0.2, 0.25) is 0 Å². The monoisotopic (exact) mass is 386 g/mol. The predicted molar refractivity (Wildman–Crippen MR) is 107 cm³/mol. The number of nitrogens with zero attached hydrogens (tertiary/aromatic N) is 3. The fraction of sp³-hybridized carbons (Fsp3) is 0.500. The summed E-state index contributed by atoms with van der Waals surface area (Å²) in [6, 6.07) is 8.34. The van der Waals surface area contributed by atoms with Crippen LogP contribution in [0, 0.1) is 0 Å². The van der Waals surface area contributed by atoms with Crippen LogP contribution < -0.4 is 10.1 Å². The van der Waals surface area contributed by atoms with Gasteiger partial charge in [-0.25, -0.2) is 4.79 Å². The number of pyridine rings is 1. The van der Waals surface area contributed by atoms with Gasteiger partial charge in [0.05, 0.1) is 5.00 Å². The van der Waals surface area contributed by atoms with E-state index in [1.165, 1.54) is 0 Å². The lowest BCUT2D eigenvalue weighted by molar-refractivity contribution is 0.0545. The average Bonchev–Trinajstić information content (AvgIpc) is 3.22. The van der Waals surface area contributed by atoms with Gasteiger partial charge in [-0.1, -0.05) is 0 Å². The first-order valence-electron chi connectivity index (χ1n) is 9.68. The molecule has 2 aromatic heterocycles. The highest BCUT2D eigenvalue weighted by molar-refractivity contribution is 7.14. The summed E-state index contributed by atoms with van der Waals surface area (Å²) in [4.78, 5) is 20.9. The van der Waals surface area contributed by atoms with Gasteiger partial charge < -0.3 is 9.64 Å². The Balaban J connectivity index is 1.20. The van der Waals surface area contributed by atoms with Gasteiger partial charge in [0.25, 0.3) is 0 Å². The summed E-state index contributed by atoms with van der Waals surface area (Å²) in [5, 5.41) is 5.88. The predicted octanol–water partition coefficient (Wildman–Crippen LogP) is 3.68. The quantitative estimate of drug-likeness (QED) is 0.871. The first kappa shape index (κ1) is 18.3. The van der Waals surface area contributed by atoms with Crippen LogP contribution in [-0.2, 0) is 0 Å². The normalized spacial score (nSPS) is 19.8. The van der Waals surface area contributed by atoms with Gasteiger partial charge in [-0.05, 0) is 55.3 Å². The van der Waals surface area contributed by atoms with E-state index in [9.17, 15) is 4.79 Å². The molecular formula is C20H26N4O2S. The minimum Gasteiger partial charge on any atom is -0.490 e. The van der Waals surface area contributed by atoms with E-state index in [0.717, 1.165) is 62.6 Å². The van der Waals surface area contributed by atoms with E-state index in [1.807, 2.05) is 34.5 Å². The second-order valence-corrected chi connectivity index (χ2v) is 8.11. The van der Waals surface area contributed by atoms with Crippen molar-refractivity contribution < 1.29 is 9.53 Å². The number of aromatic nitrogens is 1. The largest absolute Gasteiger partial charge is 0.490 e. The van der Waals surface area contributed by atoms with Crippen molar-refractivity contribution >= 4 is 22.4 Å². The van der Waals surface area contributed by atoms with Gasteiger partial charge in [0, 0.05) is 44.6 Å². The maximum atomic E-state index is 12.4. The topological polar surface area (TPSA) is 57.7 Å². The molecule has 2 aliphatic heterocycles. The molecule has 2 amide bonds. The first-order valence-corrected chi connectivity index (χ1v) is 10.6. The summed E-state index contributed by atoms with van der Waals surface area (Å²) in [5.74, 6) is 0.911.